The van der Waals surface area contributed by atoms with Crippen molar-refractivity contribution in [2.45, 2.75) is 12.3 Å². The van der Waals surface area contributed by atoms with Crippen LogP contribution in [0.4, 0.5) is 23.7 Å². The van der Waals surface area contributed by atoms with Crippen LogP contribution in [-0.4, -0.2) is 35.5 Å². The average molecular weight is 278 g/mol. The number of anilines is 1. The van der Waals surface area contributed by atoms with Crippen LogP contribution in [0.5, 0.6) is 0 Å². The van der Waals surface area contributed by atoms with Gasteiger partial charge in [0.05, 0.1) is 18.3 Å². The zero-order valence-electron chi connectivity index (χ0n) is 9.74. The first-order valence-corrected chi connectivity index (χ1v) is 5.34. The van der Waals surface area contributed by atoms with Gasteiger partial charge in [0, 0.05) is 12.2 Å². The highest BCUT2D eigenvalue weighted by Gasteiger charge is 2.29. The van der Waals surface area contributed by atoms with Crippen LogP contribution in [0.15, 0.2) is 24.3 Å². The Hall–Kier alpha value is -1.80. The second kappa shape index (κ2) is 6.39. The molecule has 0 aliphatic carbocycles. The molecule has 1 aromatic carbocycles. The van der Waals surface area contributed by atoms with Crippen LogP contribution in [0.2, 0.25) is 0 Å². The van der Waals surface area contributed by atoms with E-state index in [2.05, 4.69) is 10.6 Å². The van der Waals surface area contributed by atoms with E-state index < -0.39 is 30.5 Å². The summed E-state index contributed by atoms with van der Waals surface area (Å²) in [5.41, 5.74) is -0.627. The molecule has 0 fully saturated rings. The predicted molar refractivity (Wildman–Crippen MR) is 61.6 cm³/mol. The van der Waals surface area contributed by atoms with Gasteiger partial charge in [0.15, 0.2) is 0 Å². The van der Waals surface area contributed by atoms with E-state index in [0.29, 0.717) is 0 Å². The zero-order valence-corrected chi connectivity index (χ0v) is 9.74. The summed E-state index contributed by atoms with van der Waals surface area (Å²) in [7, 11) is 0. The van der Waals surface area contributed by atoms with Gasteiger partial charge in [-0.3, -0.25) is 0 Å². The molecule has 0 spiro atoms. The Morgan fingerprint density at radius 2 is 1.84 bits per heavy atom. The van der Waals surface area contributed by atoms with E-state index in [4.69, 9.17) is 10.2 Å². The van der Waals surface area contributed by atoms with Crippen molar-refractivity contribution in [2.75, 3.05) is 18.5 Å². The van der Waals surface area contributed by atoms with E-state index in [1.54, 1.807) is 0 Å². The molecule has 1 atom stereocenters. The number of aliphatic hydroxyl groups is 2. The lowest BCUT2D eigenvalue weighted by molar-refractivity contribution is -0.137. The van der Waals surface area contributed by atoms with Gasteiger partial charge in [-0.15, -0.1) is 0 Å². The number of hydrogen-bond acceptors (Lipinski definition) is 3. The molecule has 0 heterocycles. The van der Waals surface area contributed by atoms with Crippen LogP contribution in [-0.2, 0) is 6.18 Å². The number of carbonyl (C=O) groups is 1. The lowest BCUT2D eigenvalue weighted by atomic mass is 10.2. The molecule has 1 rings (SSSR count). The minimum absolute atomic E-state index is 0.164. The first-order valence-electron chi connectivity index (χ1n) is 5.34. The van der Waals surface area contributed by atoms with Gasteiger partial charge in [-0.2, -0.15) is 13.2 Å². The molecule has 19 heavy (non-hydrogen) atoms. The summed E-state index contributed by atoms with van der Waals surface area (Å²) in [5.74, 6) is 0. The van der Waals surface area contributed by atoms with Gasteiger partial charge in [0.1, 0.15) is 0 Å². The van der Waals surface area contributed by atoms with Crippen LogP contribution >= 0.6 is 0 Å². The van der Waals surface area contributed by atoms with Crippen molar-refractivity contribution in [3.8, 4) is 0 Å². The smallest absolute Gasteiger partial charge is 0.394 e. The molecule has 106 valence electrons. The maximum atomic E-state index is 12.3. The molecule has 0 aromatic heterocycles. The second-order valence-corrected chi connectivity index (χ2v) is 3.75. The third kappa shape index (κ3) is 5.14. The van der Waals surface area contributed by atoms with Crippen molar-refractivity contribution >= 4 is 11.7 Å². The molecule has 0 aliphatic heterocycles. The number of rotatable bonds is 4. The first kappa shape index (κ1) is 15.3. The average Bonchev–Trinajstić information content (AvgIpc) is 2.35. The molecule has 0 saturated carbocycles. The summed E-state index contributed by atoms with van der Waals surface area (Å²) in [4.78, 5) is 11.3. The van der Waals surface area contributed by atoms with Gasteiger partial charge in [0.2, 0.25) is 0 Å². The minimum Gasteiger partial charge on any atom is -0.394 e. The Bertz CT molecular complexity index is 420. The highest BCUT2D eigenvalue weighted by atomic mass is 19.4. The van der Waals surface area contributed by atoms with Crippen molar-refractivity contribution < 1.29 is 28.2 Å². The van der Waals surface area contributed by atoms with Crippen LogP contribution in [0, 0.1) is 0 Å². The molecule has 0 unspecified atom stereocenters. The number of carbonyl (C=O) groups excluding carboxylic acids is 1. The van der Waals surface area contributed by atoms with Gasteiger partial charge < -0.3 is 20.8 Å². The fourth-order valence-corrected chi connectivity index (χ4v) is 1.19. The van der Waals surface area contributed by atoms with Crippen molar-refractivity contribution in [1.29, 1.82) is 0 Å². The SMILES string of the molecule is O=C(NC[C@@H](O)CO)Nc1ccc(C(F)(F)F)cc1. The Labute approximate surface area is 107 Å². The Morgan fingerprint density at radius 1 is 1.26 bits per heavy atom. The monoisotopic (exact) mass is 278 g/mol. The first-order chi connectivity index (χ1) is 8.82. The summed E-state index contributed by atoms with van der Waals surface area (Å²) in [6.45, 7) is -0.663. The van der Waals surface area contributed by atoms with Crippen molar-refractivity contribution in [3.63, 3.8) is 0 Å². The molecule has 0 bridgehead atoms. The standard InChI is InChI=1S/C11H13F3N2O3/c12-11(13,14)7-1-3-8(4-2-7)16-10(19)15-5-9(18)6-17/h1-4,9,17-18H,5-6H2,(H2,15,16,19)/t9-/m1/s1. The van der Waals surface area contributed by atoms with Gasteiger partial charge >= 0.3 is 12.2 Å². The largest absolute Gasteiger partial charge is 0.416 e. The summed E-state index contributed by atoms with van der Waals surface area (Å²) >= 11 is 0. The molecular formula is C11H13F3N2O3. The third-order valence-electron chi connectivity index (χ3n) is 2.18. The number of benzene rings is 1. The highest BCUT2D eigenvalue weighted by molar-refractivity contribution is 5.89. The normalized spacial score (nSPS) is 12.9. The van der Waals surface area contributed by atoms with Crippen LogP contribution < -0.4 is 10.6 Å². The van der Waals surface area contributed by atoms with Crippen LogP contribution in [0.3, 0.4) is 0 Å². The second-order valence-electron chi connectivity index (χ2n) is 3.75. The number of nitrogens with one attached hydrogen (secondary N) is 2. The van der Waals surface area contributed by atoms with Gasteiger partial charge in [-0.1, -0.05) is 0 Å². The molecule has 2 amide bonds. The minimum atomic E-state index is -4.42. The van der Waals surface area contributed by atoms with E-state index in [1.165, 1.54) is 0 Å². The quantitative estimate of drug-likeness (QED) is 0.667. The van der Waals surface area contributed by atoms with Gasteiger partial charge in [-0.25, -0.2) is 4.79 Å². The zero-order chi connectivity index (χ0) is 14.5. The van der Waals surface area contributed by atoms with Gasteiger partial charge in [-0.05, 0) is 24.3 Å². The molecule has 1 aromatic rings. The summed E-state index contributed by atoms with van der Waals surface area (Å²) in [5, 5.41) is 22.0. The van der Waals surface area contributed by atoms with E-state index in [9.17, 15) is 18.0 Å². The number of hydrogen-bond donors (Lipinski definition) is 4. The van der Waals surface area contributed by atoms with E-state index in [0.717, 1.165) is 24.3 Å². The molecule has 0 aliphatic rings. The summed E-state index contributed by atoms with van der Waals surface area (Å²) in [6.07, 6.45) is -5.51. The number of amides is 2. The Kier molecular flexibility index (Phi) is 5.13. The Morgan fingerprint density at radius 3 is 2.32 bits per heavy atom. The van der Waals surface area contributed by atoms with E-state index >= 15 is 0 Å². The number of aliphatic hydroxyl groups excluding tert-OH is 2. The third-order valence-corrected chi connectivity index (χ3v) is 2.18. The Balaban J connectivity index is 2.51. The van der Waals surface area contributed by atoms with E-state index in [1.807, 2.05) is 0 Å². The highest BCUT2D eigenvalue weighted by Crippen LogP contribution is 2.29. The van der Waals surface area contributed by atoms with Crippen LogP contribution in [0.25, 0.3) is 0 Å². The molecule has 0 saturated heterocycles. The summed E-state index contributed by atoms with van der Waals surface area (Å²) < 4.78 is 36.8. The summed E-state index contributed by atoms with van der Waals surface area (Å²) in [6, 6.07) is 3.24. The number of alkyl halides is 3. The fourth-order valence-electron chi connectivity index (χ4n) is 1.19. The van der Waals surface area contributed by atoms with Crippen LogP contribution in [0.1, 0.15) is 5.56 Å². The lowest BCUT2D eigenvalue weighted by Gasteiger charge is -2.11. The number of urea groups is 1. The maximum Gasteiger partial charge on any atom is 0.416 e. The molecule has 4 N–H and O–H groups in total. The number of halogens is 3. The lowest BCUT2D eigenvalue weighted by Crippen LogP contribution is -2.36. The van der Waals surface area contributed by atoms with E-state index in [-0.39, 0.29) is 12.2 Å². The fraction of sp³-hybridized carbons (Fsp3) is 0.364. The molecular weight excluding hydrogens is 265 g/mol. The van der Waals surface area contributed by atoms with Crippen molar-refractivity contribution in [3.05, 3.63) is 29.8 Å². The van der Waals surface area contributed by atoms with Crippen molar-refractivity contribution in [2.24, 2.45) is 0 Å². The molecule has 8 heteroatoms. The molecule has 5 nitrogen and oxygen atoms in total. The molecule has 0 radical (unpaired) electrons. The van der Waals surface area contributed by atoms with Gasteiger partial charge in [0.25, 0.3) is 0 Å². The maximum absolute atomic E-state index is 12.3. The van der Waals surface area contributed by atoms with Crippen molar-refractivity contribution in [1.82, 2.24) is 5.32 Å². The topological polar surface area (TPSA) is 81.6 Å². The predicted octanol–water partition coefficient (Wildman–Crippen LogP) is 1.18.